The molecule has 2 amide bonds. The van der Waals surface area contributed by atoms with Crippen molar-refractivity contribution in [3.05, 3.63) is 70.1 Å². The van der Waals surface area contributed by atoms with Crippen LogP contribution in [0.1, 0.15) is 39.2 Å². The number of methoxy groups -OCH3 is 1. The Morgan fingerprint density at radius 2 is 1.94 bits per heavy atom. The van der Waals surface area contributed by atoms with Crippen LogP contribution in [-0.2, 0) is 17.6 Å². The summed E-state index contributed by atoms with van der Waals surface area (Å²) in [6.07, 6.45) is 4.11. The summed E-state index contributed by atoms with van der Waals surface area (Å²) in [5.74, 6) is 0.435. The zero-order valence-electron chi connectivity index (χ0n) is 18.1. The maximum Gasteiger partial charge on any atom is 0.255 e. The van der Waals surface area contributed by atoms with Crippen LogP contribution in [0, 0.1) is 11.3 Å². The predicted molar refractivity (Wildman–Crippen MR) is 132 cm³/mol. The molecule has 1 aliphatic carbocycles. The van der Waals surface area contributed by atoms with Gasteiger partial charge in [0.15, 0.2) is 0 Å². The normalized spacial score (nSPS) is 12.4. The summed E-state index contributed by atoms with van der Waals surface area (Å²) in [6.45, 7) is 0. The molecule has 8 heteroatoms. The van der Waals surface area contributed by atoms with Crippen LogP contribution in [0.3, 0.4) is 0 Å². The monoisotopic (exact) mass is 477 g/mol. The van der Waals surface area contributed by atoms with Crippen LogP contribution in [0.5, 0.6) is 5.75 Å². The number of carbonyl (C=O) groups is 2. The average Bonchev–Trinajstić information content (AvgIpc) is 3.19. The van der Waals surface area contributed by atoms with Gasteiger partial charge in [-0.25, -0.2) is 0 Å². The summed E-state index contributed by atoms with van der Waals surface area (Å²) in [5.41, 5.74) is 2.87. The highest BCUT2D eigenvalue weighted by molar-refractivity contribution is 8.00. The second-order valence-corrected chi connectivity index (χ2v) is 9.73. The van der Waals surface area contributed by atoms with Crippen LogP contribution in [0.25, 0.3) is 0 Å². The maximum absolute atomic E-state index is 12.6. The second kappa shape index (κ2) is 10.6. The van der Waals surface area contributed by atoms with E-state index in [1.807, 2.05) is 18.2 Å². The third-order valence-electron chi connectivity index (χ3n) is 5.33. The Kier molecular flexibility index (Phi) is 7.33. The number of anilines is 2. The third kappa shape index (κ3) is 5.56. The van der Waals surface area contributed by atoms with Crippen molar-refractivity contribution in [2.45, 2.75) is 30.6 Å². The van der Waals surface area contributed by atoms with Gasteiger partial charge in [-0.2, -0.15) is 5.26 Å². The van der Waals surface area contributed by atoms with E-state index >= 15 is 0 Å². The molecule has 0 unspecified atom stereocenters. The van der Waals surface area contributed by atoms with Gasteiger partial charge >= 0.3 is 0 Å². The van der Waals surface area contributed by atoms with E-state index < -0.39 is 0 Å². The first-order valence-electron chi connectivity index (χ1n) is 10.6. The zero-order valence-corrected chi connectivity index (χ0v) is 19.8. The number of carbonyl (C=O) groups excluding carboxylic acids is 2. The Balaban J connectivity index is 1.36. The molecule has 0 atom stereocenters. The largest absolute Gasteiger partial charge is 0.497 e. The summed E-state index contributed by atoms with van der Waals surface area (Å²) >= 11 is 2.90. The SMILES string of the molecule is COc1cccc(C(=O)Nc2cccc(SCC(=O)Nc3sc4c(c3C#N)CCCC4)c2)c1. The summed E-state index contributed by atoms with van der Waals surface area (Å²) in [5, 5.41) is 16.0. The number of thiophene rings is 1. The highest BCUT2D eigenvalue weighted by Gasteiger charge is 2.21. The van der Waals surface area contributed by atoms with E-state index in [1.165, 1.54) is 28.0 Å². The van der Waals surface area contributed by atoms with E-state index in [2.05, 4.69) is 16.7 Å². The van der Waals surface area contributed by atoms with Gasteiger partial charge in [0.2, 0.25) is 5.91 Å². The van der Waals surface area contributed by atoms with Crippen molar-refractivity contribution in [1.82, 2.24) is 0 Å². The Morgan fingerprint density at radius 3 is 2.76 bits per heavy atom. The number of nitriles is 1. The molecule has 0 fully saturated rings. The van der Waals surface area contributed by atoms with Gasteiger partial charge in [0.25, 0.3) is 5.91 Å². The highest BCUT2D eigenvalue weighted by Crippen LogP contribution is 2.37. The van der Waals surface area contributed by atoms with Crippen molar-refractivity contribution in [3.63, 3.8) is 0 Å². The molecule has 0 spiro atoms. The van der Waals surface area contributed by atoms with Crippen molar-refractivity contribution in [2.24, 2.45) is 0 Å². The van der Waals surface area contributed by atoms with Crippen molar-refractivity contribution < 1.29 is 14.3 Å². The lowest BCUT2D eigenvalue weighted by molar-refractivity contribution is -0.113. The molecule has 2 N–H and O–H groups in total. The third-order valence-corrected chi connectivity index (χ3v) is 7.53. The number of hydrogen-bond donors (Lipinski definition) is 2. The summed E-state index contributed by atoms with van der Waals surface area (Å²) < 4.78 is 5.17. The van der Waals surface area contributed by atoms with Crippen LogP contribution in [0.4, 0.5) is 10.7 Å². The molecule has 0 aliphatic heterocycles. The molecule has 0 radical (unpaired) electrons. The molecule has 3 aromatic rings. The van der Waals surface area contributed by atoms with Gasteiger partial charge in [0.1, 0.15) is 16.8 Å². The summed E-state index contributed by atoms with van der Waals surface area (Å²) in [4.78, 5) is 27.2. The molecule has 1 heterocycles. The molecule has 6 nitrogen and oxygen atoms in total. The van der Waals surface area contributed by atoms with Gasteiger partial charge in [0.05, 0.1) is 18.4 Å². The van der Waals surface area contributed by atoms with Gasteiger partial charge in [-0.05, 0) is 67.6 Å². The van der Waals surface area contributed by atoms with E-state index in [9.17, 15) is 14.9 Å². The predicted octanol–water partition coefficient (Wildman–Crippen LogP) is 5.49. The minimum atomic E-state index is -0.237. The van der Waals surface area contributed by atoms with Crippen molar-refractivity contribution in [1.29, 1.82) is 5.26 Å². The minimum absolute atomic E-state index is 0.152. The van der Waals surface area contributed by atoms with Crippen LogP contribution >= 0.6 is 23.1 Å². The Morgan fingerprint density at radius 1 is 1.12 bits per heavy atom. The topological polar surface area (TPSA) is 91.2 Å². The first-order chi connectivity index (χ1) is 16.1. The number of nitrogens with one attached hydrogen (secondary N) is 2. The van der Waals surface area contributed by atoms with E-state index in [4.69, 9.17) is 4.74 Å². The lowest BCUT2D eigenvalue weighted by atomic mass is 9.96. The van der Waals surface area contributed by atoms with E-state index in [-0.39, 0.29) is 17.6 Å². The van der Waals surface area contributed by atoms with E-state index in [0.717, 1.165) is 36.1 Å². The molecule has 2 aromatic carbocycles. The van der Waals surface area contributed by atoms with E-state index in [1.54, 1.807) is 37.4 Å². The van der Waals surface area contributed by atoms with Gasteiger partial charge in [-0.3, -0.25) is 9.59 Å². The molecule has 33 heavy (non-hydrogen) atoms. The number of rotatable bonds is 7. The summed E-state index contributed by atoms with van der Waals surface area (Å²) in [7, 11) is 1.56. The van der Waals surface area contributed by atoms with E-state index in [0.29, 0.717) is 27.6 Å². The zero-order chi connectivity index (χ0) is 23.2. The molecule has 1 aliphatic rings. The van der Waals surface area contributed by atoms with Crippen LogP contribution in [0.15, 0.2) is 53.4 Å². The first kappa shape index (κ1) is 22.9. The molecule has 0 bridgehead atoms. The number of ether oxygens (including phenoxy) is 1. The molecule has 168 valence electrons. The number of thioether (sulfide) groups is 1. The highest BCUT2D eigenvalue weighted by atomic mass is 32.2. The molecule has 1 aromatic heterocycles. The first-order valence-corrected chi connectivity index (χ1v) is 12.4. The number of fused-ring (bicyclic) bond motifs is 1. The smallest absolute Gasteiger partial charge is 0.255 e. The van der Waals surface area contributed by atoms with Gasteiger partial charge in [0, 0.05) is 21.0 Å². The number of benzene rings is 2. The number of hydrogen-bond acceptors (Lipinski definition) is 6. The van der Waals surface area contributed by atoms with Crippen LogP contribution in [-0.4, -0.2) is 24.7 Å². The Hall–Kier alpha value is -3.28. The Labute approximate surface area is 201 Å². The second-order valence-electron chi connectivity index (χ2n) is 7.58. The average molecular weight is 478 g/mol. The van der Waals surface area contributed by atoms with Gasteiger partial charge < -0.3 is 15.4 Å². The fraction of sp³-hybridized carbons (Fsp3) is 0.240. The molecular weight excluding hydrogens is 454 g/mol. The number of aryl methyl sites for hydroxylation is 1. The molecule has 4 rings (SSSR count). The lowest BCUT2D eigenvalue weighted by Crippen LogP contribution is -2.14. The molecule has 0 saturated heterocycles. The van der Waals surface area contributed by atoms with Crippen molar-refractivity contribution in [3.8, 4) is 11.8 Å². The minimum Gasteiger partial charge on any atom is -0.497 e. The maximum atomic E-state index is 12.6. The fourth-order valence-corrected chi connectivity index (χ4v) is 5.73. The Bertz CT molecular complexity index is 1230. The summed E-state index contributed by atoms with van der Waals surface area (Å²) in [6, 6.07) is 16.6. The molecule has 0 saturated carbocycles. The van der Waals surface area contributed by atoms with Crippen molar-refractivity contribution in [2.75, 3.05) is 23.5 Å². The van der Waals surface area contributed by atoms with Gasteiger partial charge in [-0.15, -0.1) is 23.1 Å². The lowest BCUT2D eigenvalue weighted by Gasteiger charge is -2.09. The molecular formula is C25H23N3O3S2. The fourth-order valence-electron chi connectivity index (χ4n) is 3.72. The number of amides is 2. The van der Waals surface area contributed by atoms with Gasteiger partial charge in [-0.1, -0.05) is 12.1 Å². The van der Waals surface area contributed by atoms with Crippen LogP contribution in [0.2, 0.25) is 0 Å². The number of nitrogens with zero attached hydrogens (tertiary/aromatic N) is 1. The quantitative estimate of drug-likeness (QED) is 0.439. The van der Waals surface area contributed by atoms with Crippen LogP contribution < -0.4 is 15.4 Å². The van der Waals surface area contributed by atoms with Crippen molar-refractivity contribution >= 4 is 45.6 Å². The standard InChI is InChI=1S/C25H23N3O3S2/c1-31-18-8-4-6-16(12-18)24(30)27-17-7-5-9-19(13-17)32-15-23(29)28-25-21(14-26)20-10-2-3-11-22(20)33-25/h4-9,12-13H,2-3,10-11,15H2,1H3,(H,27,30)(H,28,29).